The van der Waals surface area contributed by atoms with Crippen molar-refractivity contribution in [3.63, 3.8) is 0 Å². The third-order valence-corrected chi connectivity index (χ3v) is 3.66. The van der Waals surface area contributed by atoms with Crippen LogP contribution in [0.15, 0.2) is 29.8 Å². The Bertz CT molecular complexity index is 416. The van der Waals surface area contributed by atoms with Crippen LogP contribution in [0.5, 0.6) is 0 Å². The molecule has 1 aliphatic carbocycles. The molecule has 0 bridgehead atoms. The molecule has 0 heterocycles. The molecular formula is C16H22ClN. The largest absolute Gasteiger partial charge is 0.307 e. The molecule has 1 aromatic rings. The van der Waals surface area contributed by atoms with Gasteiger partial charge in [-0.25, -0.2) is 0 Å². The third kappa shape index (κ3) is 3.37. The zero-order chi connectivity index (χ0) is 13.0. The first-order chi connectivity index (χ1) is 8.70. The minimum Gasteiger partial charge on any atom is -0.307 e. The second-order valence-electron chi connectivity index (χ2n) is 5.12. The van der Waals surface area contributed by atoms with Gasteiger partial charge in [0.05, 0.1) is 6.04 Å². The van der Waals surface area contributed by atoms with E-state index in [-0.39, 0.29) is 0 Å². The first-order valence-corrected chi connectivity index (χ1v) is 7.28. The van der Waals surface area contributed by atoms with Crippen molar-refractivity contribution in [2.45, 2.75) is 45.6 Å². The summed E-state index contributed by atoms with van der Waals surface area (Å²) in [5.41, 5.74) is 4.08. The van der Waals surface area contributed by atoms with Crippen molar-refractivity contribution in [2.24, 2.45) is 0 Å². The molecule has 0 saturated heterocycles. The van der Waals surface area contributed by atoms with E-state index in [0.29, 0.717) is 6.04 Å². The minimum absolute atomic E-state index is 0.352. The zero-order valence-electron chi connectivity index (χ0n) is 11.3. The molecule has 1 unspecified atom stereocenters. The Morgan fingerprint density at radius 3 is 2.78 bits per heavy atom. The molecule has 0 spiro atoms. The Morgan fingerprint density at radius 1 is 1.33 bits per heavy atom. The number of nitrogens with one attached hydrogen (secondary N) is 1. The van der Waals surface area contributed by atoms with E-state index in [2.05, 4.69) is 37.4 Å². The summed E-state index contributed by atoms with van der Waals surface area (Å²) in [6.45, 7) is 5.36. The fourth-order valence-electron chi connectivity index (χ4n) is 2.64. The molecule has 98 valence electrons. The molecule has 18 heavy (non-hydrogen) atoms. The molecule has 0 fully saturated rings. The fourth-order valence-corrected chi connectivity index (χ4v) is 2.94. The predicted molar refractivity (Wildman–Crippen MR) is 79.2 cm³/mol. The van der Waals surface area contributed by atoms with Gasteiger partial charge in [0.1, 0.15) is 0 Å². The molecule has 2 heteroatoms. The van der Waals surface area contributed by atoms with Crippen LogP contribution >= 0.6 is 11.6 Å². The molecule has 0 amide bonds. The van der Waals surface area contributed by atoms with Crippen molar-refractivity contribution in [3.8, 4) is 0 Å². The monoisotopic (exact) mass is 263 g/mol. The van der Waals surface area contributed by atoms with Gasteiger partial charge < -0.3 is 5.32 Å². The number of hydrogen-bond donors (Lipinski definition) is 1. The quantitative estimate of drug-likeness (QED) is 0.753. The Hall–Kier alpha value is -0.790. The normalized spacial score (nSPS) is 16.7. The van der Waals surface area contributed by atoms with Crippen LogP contribution in [0, 0.1) is 6.92 Å². The number of allylic oxidation sites excluding steroid dienone is 1. The zero-order valence-corrected chi connectivity index (χ0v) is 12.1. The van der Waals surface area contributed by atoms with E-state index in [1.807, 2.05) is 6.07 Å². The average molecular weight is 264 g/mol. The van der Waals surface area contributed by atoms with Crippen molar-refractivity contribution in [1.29, 1.82) is 0 Å². The van der Waals surface area contributed by atoms with Crippen LogP contribution < -0.4 is 5.32 Å². The Balaban J connectivity index is 2.26. The highest BCUT2D eigenvalue weighted by molar-refractivity contribution is 6.30. The number of aryl methyl sites for hydroxylation is 1. The minimum atomic E-state index is 0.352. The van der Waals surface area contributed by atoms with Crippen molar-refractivity contribution < 1.29 is 0 Å². The molecular weight excluding hydrogens is 242 g/mol. The lowest BCUT2D eigenvalue weighted by Gasteiger charge is -2.21. The highest BCUT2D eigenvalue weighted by Gasteiger charge is 2.18. The van der Waals surface area contributed by atoms with Gasteiger partial charge in [-0.3, -0.25) is 0 Å². The maximum atomic E-state index is 6.19. The van der Waals surface area contributed by atoms with Crippen molar-refractivity contribution in [1.82, 2.24) is 5.32 Å². The van der Waals surface area contributed by atoms with Crippen LogP contribution in [-0.2, 0) is 0 Å². The molecule has 1 nitrogen and oxygen atoms in total. The SMILES string of the molecule is CCCNC(C1=CCCC1)c1cc(C)cc(Cl)c1. The first-order valence-electron chi connectivity index (χ1n) is 6.90. The summed E-state index contributed by atoms with van der Waals surface area (Å²) < 4.78 is 0. The summed E-state index contributed by atoms with van der Waals surface area (Å²) >= 11 is 6.19. The molecule has 1 N–H and O–H groups in total. The second-order valence-corrected chi connectivity index (χ2v) is 5.56. The highest BCUT2D eigenvalue weighted by Crippen LogP contribution is 2.32. The van der Waals surface area contributed by atoms with Crippen molar-refractivity contribution in [3.05, 3.63) is 46.0 Å². The van der Waals surface area contributed by atoms with E-state index in [4.69, 9.17) is 11.6 Å². The Labute approximate surface area is 115 Å². The van der Waals surface area contributed by atoms with E-state index in [9.17, 15) is 0 Å². The summed E-state index contributed by atoms with van der Waals surface area (Å²) in [5, 5.41) is 4.49. The van der Waals surface area contributed by atoms with Gasteiger partial charge in [0.15, 0.2) is 0 Å². The summed E-state index contributed by atoms with van der Waals surface area (Å²) in [5.74, 6) is 0. The van der Waals surface area contributed by atoms with Crippen LogP contribution in [0.25, 0.3) is 0 Å². The second kappa shape index (κ2) is 6.40. The van der Waals surface area contributed by atoms with Gasteiger partial charge in [-0.1, -0.05) is 36.2 Å². The van der Waals surface area contributed by atoms with Crippen molar-refractivity contribution in [2.75, 3.05) is 6.54 Å². The van der Waals surface area contributed by atoms with E-state index in [0.717, 1.165) is 18.0 Å². The number of hydrogen-bond acceptors (Lipinski definition) is 1. The summed E-state index contributed by atoms with van der Waals surface area (Å²) in [7, 11) is 0. The number of rotatable bonds is 5. The van der Waals surface area contributed by atoms with E-state index in [1.165, 1.54) is 36.0 Å². The van der Waals surface area contributed by atoms with Gasteiger partial charge >= 0.3 is 0 Å². The van der Waals surface area contributed by atoms with Gasteiger partial charge in [-0.2, -0.15) is 0 Å². The molecule has 1 atom stereocenters. The van der Waals surface area contributed by atoms with Crippen LogP contribution in [-0.4, -0.2) is 6.54 Å². The predicted octanol–water partition coefficient (Wildman–Crippen LogP) is 4.80. The van der Waals surface area contributed by atoms with E-state index >= 15 is 0 Å². The third-order valence-electron chi connectivity index (χ3n) is 3.44. The molecule has 0 aliphatic heterocycles. The van der Waals surface area contributed by atoms with Gasteiger partial charge in [-0.05, 0) is 62.4 Å². The summed E-state index contributed by atoms with van der Waals surface area (Å²) in [6.07, 6.45) is 7.28. The van der Waals surface area contributed by atoms with E-state index < -0.39 is 0 Å². The molecule has 0 radical (unpaired) electrons. The molecule has 0 aromatic heterocycles. The van der Waals surface area contributed by atoms with Gasteiger partial charge in [0.25, 0.3) is 0 Å². The number of halogens is 1. The van der Waals surface area contributed by atoms with Gasteiger partial charge in [0, 0.05) is 5.02 Å². The van der Waals surface area contributed by atoms with Crippen LogP contribution in [0.1, 0.15) is 49.8 Å². The van der Waals surface area contributed by atoms with Crippen LogP contribution in [0.4, 0.5) is 0 Å². The van der Waals surface area contributed by atoms with E-state index in [1.54, 1.807) is 0 Å². The Kier molecular flexibility index (Phi) is 4.85. The average Bonchev–Trinajstić information content (AvgIpc) is 2.82. The lowest BCUT2D eigenvalue weighted by Crippen LogP contribution is -2.23. The number of benzene rings is 1. The Morgan fingerprint density at radius 2 is 2.17 bits per heavy atom. The molecule has 0 saturated carbocycles. The highest BCUT2D eigenvalue weighted by atomic mass is 35.5. The lowest BCUT2D eigenvalue weighted by molar-refractivity contribution is 0.578. The maximum absolute atomic E-state index is 6.19. The van der Waals surface area contributed by atoms with Crippen LogP contribution in [0.2, 0.25) is 5.02 Å². The summed E-state index contributed by atoms with van der Waals surface area (Å²) in [6, 6.07) is 6.72. The summed E-state index contributed by atoms with van der Waals surface area (Å²) in [4.78, 5) is 0. The standard InChI is InChI=1S/C16H22ClN/c1-3-8-18-16(13-6-4-5-7-13)14-9-12(2)10-15(17)11-14/h6,9-11,16,18H,3-5,7-8H2,1-2H3. The maximum Gasteiger partial charge on any atom is 0.0536 e. The topological polar surface area (TPSA) is 12.0 Å². The lowest BCUT2D eigenvalue weighted by atomic mass is 9.96. The smallest absolute Gasteiger partial charge is 0.0536 e. The molecule has 1 aliphatic rings. The van der Waals surface area contributed by atoms with Gasteiger partial charge in [0.2, 0.25) is 0 Å². The fraction of sp³-hybridized carbons (Fsp3) is 0.500. The van der Waals surface area contributed by atoms with Gasteiger partial charge in [-0.15, -0.1) is 0 Å². The van der Waals surface area contributed by atoms with Crippen LogP contribution in [0.3, 0.4) is 0 Å². The molecule has 2 rings (SSSR count). The first kappa shape index (κ1) is 13.6. The van der Waals surface area contributed by atoms with Crippen molar-refractivity contribution >= 4 is 11.6 Å². The molecule has 1 aromatic carbocycles.